The number of azide groups is 1. The smallest absolute Gasteiger partial charge is 0.122 e. The lowest BCUT2D eigenvalue weighted by Gasteiger charge is -2.07. The zero-order chi connectivity index (χ0) is 10.2. The average Bonchev–Trinajstić information content (AvgIpc) is 2.20. The highest BCUT2D eigenvalue weighted by atomic mass is 16.5. The Kier molecular flexibility index (Phi) is 4.38. The SMILES string of the molecule is Cc1ccccc1OCCCN=[N+]=[N-]. The van der Waals surface area contributed by atoms with E-state index >= 15 is 0 Å². The summed E-state index contributed by atoms with van der Waals surface area (Å²) in [6.07, 6.45) is 0.748. The molecule has 0 atom stereocenters. The second-order valence-corrected chi connectivity index (χ2v) is 2.92. The van der Waals surface area contributed by atoms with E-state index in [0.29, 0.717) is 13.2 Å². The second kappa shape index (κ2) is 5.89. The van der Waals surface area contributed by atoms with Crippen LogP contribution in [0.25, 0.3) is 10.4 Å². The summed E-state index contributed by atoms with van der Waals surface area (Å²) in [4.78, 5) is 2.67. The third-order valence-electron chi connectivity index (χ3n) is 1.82. The number of para-hydroxylation sites is 1. The summed E-state index contributed by atoms with van der Waals surface area (Å²) in [6, 6.07) is 7.85. The van der Waals surface area contributed by atoms with Crippen LogP contribution in [0.1, 0.15) is 12.0 Å². The van der Waals surface area contributed by atoms with Crippen LogP contribution in [0.4, 0.5) is 0 Å². The van der Waals surface area contributed by atoms with Crippen molar-refractivity contribution in [3.63, 3.8) is 0 Å². The molecule has 14 heavy (non-hydrogen) atoms. The largest absolute Gasteiger partial charge is 0.493 e. The molecule has 0 fully saturated rings. The van der Waals surface area contributed by atoms with Gasteiger partial charge >= 0.3 is 0 Å². The number of hydrogen-bond acceptors (Lipinski definition) is 2. The number of benzene rings is 1. The van der Waals surface area contributed by atoms with Crippen molar-refractivity contribution in [1.29, 1.82) is 0 Å². The predicted molar refractivity (Wildman–Crippen MR) is 55.3 cm³/mol. The van der Waals surface area contributed by atoms with Crippen molar-refractivity contribution in [3.8, 4) is 5.75 Å². The highest BCUT2D eigenvalue weighted by molar-refractivity contribution is 5.31. The Morgan fingerprint density at radius 2 is 2.21 bits per heavy atom. The quantitative estimate of drug-likeness (QED) is 0.305. The molecule has 74 valence electrons. The van der Waals surface area contributed by atoms with Crippen LogP contribution in [0, 0.1) is 6.92 Å². The molecule has 0 aliphatic rings. The zero-order valence-corrected chi connectivity index (χ0v) is 8.18. The van der Waals surface area contributed by atoms with Gasteiger partial charge in [-0.25, -0.2) is 0 Å². The van der Waals surface area contributed by atoms with E-state index in [1.165, 1.54) is 0 Å². The maximum Gasteiger partial charge on any atom is 0.122 e. The standard InChI is InChI=1S/C10H13N3O/c1-9-5-2-3-6-10(9)14-8-4-7-12-13-11/h2-3,5-6H,4,7-8H2,1H3. The molecule has 0 saturated heterocycles. The summed E-state index contributed by atoms with van der Waals surface area (Å²) in [6.45, 7) is 3.08. The maximum absolute atomic E-state index is 8.04. The van der Waals surface area contributed by atoms with Gasteiger partial charge in [-0.05, 0) is 30.5 Å². The van der Waals surface area contributed by atoms with Gasteiger partial charge in [0, 0.05) is 11.5 Å². The fraction of sp³-hybridized carbons (Fsp3) is 0.400. The van der Waals surface area contributed by atoms with Gasteiger partial charge in [0.2, 0.25) is 0 Å². The summed E-state index contributed by atoms with van der Waals surface area (Å²) in [5, 5.41) is 3.43. The maximum atomic E-state index is 8.04. The summed E-state index contributed by atoms with van der Waals surface area (Å²) < 4.78 is 5.50. The molecule has 0 unspecified atom stereocenters. The van der Waals surface area contributed by atoms with E-state index in [0.717, 1.165) is 17.7 Å². The van der Waals surface area contributed by atoms with Gasteiger partial charge in [0.15, 0.2) is 0 Å². The lowest BCUT2D eigenvalue weighted by molar-refractivity contribution is 0.311. The van der Waals surface area contributed by atoms with Gasteiger partial charge in [0.1, 0.15) is 5.75 Å². The first-order valence-electron chi connectivity index (χ1n) is 4.54. The van der Waals surface area contributed by atoms with Crippen LogP contribution in [-0.2, 0) is 0 Å². The van der Waals surface area contributed by atoms with Gasteiger partial charge in [-0.1, -0.05) is 23.3 Å². The second-order valence-electron chi connectivity index (χ2n) is 2.92. The number of ether oxygens (including phenoxy) is 1. The molecule has 0 N–H and O–H groups in total. The molecule has 0 bridgehead atoms. The third kappa shape index (κ3) is 3.37. The summed E-state index contributed by atoms with van der Waals surface area (Å²) in [5.41, 5.74) is 9.17. The molecule has 4 nitrogen and oxygen atoms in total. The van der Waals surface area contributed by atoms with Gasteiger partial charge in [0.25, 0.3) is 0 Å². The van der Waals surface area contributed by atoms with Crippen LogP contribution >= 0.6 is 0 Å². The van der Waals surface area contributed by atoms with Gasteiger partial charge in [0.05, 0.1) is 6.61 Å². The monoisotopic (exact) mass is 191 g/mol. The number of hydrogen-bond donors (Lipinski definition) is 0. The Morgan fingerprint density at radius 3 is 2.93 bits per heavy atom. The van der Waals surface area contributed by atoms with Crippen molar-refractivity contribution in [2.24, 2.45) is 5.11 Å². The molecule has 1 aromatic carbocycles. The van der Waals surface area contributed by atoms with Crippen molar-refractivity contribution in [2.45, 2.75) is 13.3 Å². The minimum atomic E-state index is 0.488. The molecule has 0 amide bonds. The van der Waals surface area contributed by atoms with Crippen LogP contribution in [0.2, 0.25) is 0 Å². The summed E-state index contributed by atoms with van der Waals surface area (Å²) in [7, 11) is 0. The number of rotatable bonds is 5. The molecule has 4 heteroatoms. The van der Waals surface area contributed by atoms with Crippen LogP contribution in [0.15, 0.2) is 29.4 Å². The lowest BCUT2D eigenvalue weighted by Crippen LogP contribution is -1.99. The zero-order valence-electron chi connectivity index (χ0n) is 8.18. The van der Waals surface area contributed by atoms with E-state index < -0.39 is 0 Å². The van der Waals surface area contributed by atoms with E-state index in [4.69, 9.17) is 10.3 Å². The fourth-order valence-electron chi connectivity index (χ4n) is 1.08. The lowest BCUT2D eigenvalue weighted by atomic mass is 10.2. The highest BCUT2D eigenvalue weighted by Gasteiger charge is 1.95. The fourth-order valence-corrected chi connectivity index (χ4v) is 1.08. The Balaban J connectivity index is 2.31. The molecule has 0 saturated carbocycles. The van der Waals surface area contributed by atoms with Gasteiger partial charge in [-0.15, -0.1) is 0 Å². The molecular weight excluding hydrogens is 178 g/mol. The molecule has 0 aromatic heterocycles. The van der Waals surface area contributed by atoms with Crippen molar-refractivity contribution < 1.29 is 4.74 Å². The topological polar surface area (TPSA) is 58.0 Å². The van der Waals surface area contributed by atoms with E-state index in [9.17, 15) is 0 Å². The van der Waals surface area contributed by atoms with Crippen LogP contribution in [0.3, 0.4) is 0 Å². The van der Waals surface area contributed by atoms with Gasteiger partial charge in [-0.2, -0.15) is 0 Å². The first-order chi connectivity index (χ1) is 6.84. The number of aryl methyl sites for hydroxylation is 1. The van der Waals surface area contributed by atoms with Crippen LogP contribution in [-0.4, -0.2) is 13.2 Å². The van der Waals surface area contributed by atoms with E-state index in [1.807, 2.05) is 31.2 Å². The molecule has 0 heterocycles. The van der Waals surface area contributed by atoms with Crippen molar-refractivity contribution in [2.75, 3.05) is 13.2 Å². The van der Waals surface area contributed by atoms with Gasteiger partial charge in [-0.3, -0.25) is 0 Å². The van der Waals surface area contributed by atoms with Gasteiger partial charge < -0.3 is 4.74 Å². The van der Waals surface area contributed by atoms with Crippen molar-refractivity contribution in [3.05, 3.63) is 40.3 Å². The van der Waals surface area contributed by atoms with E-state index in [-0.39, 0.29) is 0 Å². The van der Waals surface area contributed by atoms with Crippen molar-refractivity contribution >= 4 is 0 Å². The minimum Gasteiger partial charge on any atom is -0.493 e. The molecule has 0 spiro atoms. The Morgan fingerprint density at radius 1 is 1.43 bits per heavy atom. The molecule has 0 aliphatic heterocycles. The predicted octanol–water partition coefficient (Wildman–Crippen LogP) is 3.07. The molecule has 0 radical (unpaired) electrons. The molecule has 1 rings (SSSR count). The van der Waals surface area contributed by atoms with E-state index in [2.05, 4.69) is 10.0 Å². The molecule has 0 aliphatic carbocycles. The van der Waals surface area contributed by atoms with Crippen LogP contribution in [0.5, 0.6) is 5.75 Å². The van der Waals surface area contributed by atoms with E-state index in [1.54, 1.807) is 0 Å². The summed E-state index contributed by atoms with van der Waals surface area (Å²) >= 11 is 0. The first kappa shape index (κ1) is 10.4. The minimum absolute atomic E-state index is 0.488. The molecular formula is C10H13N3O. The Bertz CT molecular complexity index is 332. The molecule has 1 aromatic rings. The number of nitrogens with zero attached hydrogens (tertiary/aromatic N) is 3. The third-order valence-corrected chi connectivity index (χ3v) is 1.82. The Hall–Kier alpha value is -1.67. The Labute approximate surface area is 83.1 Å². The average molecular weight is 191 g/mol. The first-order valence-corrected chi connectivity index (χ1v) is 4.54. The normalized spacial score (nSPS) is 9.21. The van der Waals surface area contributed by atoms with Crippen LogP contribution < -0.4 is 4.74 Å². The highest BCUT2D eigenvalue weighted by Crippen LogP contribution is 2.15. The van der Waals surface area contributed by atoms with Crippen molar-refractivity contribution in [1.82, 2.24) is 0 Å². The summed E-state index contributed by atoms with van der Waals surface area (Å²) in [5.74, 6) is 0.897.